The predicted molar refractivity (Wildman–Crippen MR) is 101 cm³/mol. The first kappa shape index (κ1) is 19.9. The maximum atomic E-state index is 12.5. The van der Waals surface area contributed by atoms with E-state index in [9.17, 15) is 14.4 Å². The Hall–Kier alpha value is -2.81. The highest BCUT2D eigenvalue weighted by Crippen LogP contribution is 2.36. The van der Waals surface area contributed by atoms with Gasteiger partial charge in [0.1, 0.15) is 18.1 Å². The summed E-state index contributed by atoms with van der Waals surface area (Å²) in [5.41, 5.74) is 0.561. The summed E-state index contributed by atoms with van der Waals surface area (Å²) in [5.74, 6) is 0.210. The third kappa shape index (κ3) is 4.36. The monoisotopic (exact) mass is 391 g/mol. The van der Waals surface area contributed by atoms with Crippen LogP contribution in [-0.4, -0.2) is 56.5 Å². The SMILES string of the molecule is COCN1C(=O)COc2ccc(N3CC(NC(=O)OC(C)(C)C)CC3=O)cc21. The number of nitrogens with zero attached hydrogens (tertiary/aromatic N) is 2. The minimum atomic E-state index is -0.609. The number of hydrogen-bond acceptors (Lipinski definition) is 6. The van der Waals surface area contributed by atoms with Crippen LogP contribution in [0.25, 0.3) is 0 Å². The van der Waals surface area contributed by atoms with Crippen molar-refractivity contribution < 1.29 is 28.6 Å². The van der Waals surface area contributed by atoms with Gasteiger partial charge in [-0.2, -0.15) is 0 Å². The molecule has 1 atom stereocenters. The Morgan fingerprint density at radius 3 is 2.71 bits per heavy atom. The number of carbonyl (C=O) groups excluding carboxylic acids is 3. The average Bonchev–Trinajstić information content (AvgIpc) is 2.95. The number of alkyl carbamates (subject to hydrolysis) is 1. The molecular formula is C19H25N3O6. The number of carbonyl (C=O) groups is 3. The molecule has 2 aliphatic heterocycles. The van der Waals surface area contributed by atoms with Gasteiger partial charge in [0.2, 0.25) is 5.91 Å². The van der Waals surface area contributed by atoms with E-state index in [1.54, 1.807) is 43.9 Å². The van der Waals surface area contributed by atoms with Gasteiger partial charge in [-0.15, -0.1) is 0 Å². The van der Waals surface area contributed by atoms with Crippen molar-refractivity contribution in [2.45, 2.75) is 38.8 Å². The Morgan fingerprint density at radius 2 is 2.04 bits per heavy atom. The Labute approximate surface area is 163 Å². The van der Waals surface area contributed by atoms with E-state index >= 15 is 0 Å². The number of amides is 3. The van der Waals surface area contributed by atoms with E-state index < -0.39 is 11.7 Å². The van der Waals surface area contributed by atoms with Gasteiger partial charge in [0.15, 0.2) is 6.61 Å². The molecule has 0 saturated carbocycles. The minimum absolute atomic E-state index is 0.0553. The molecule has 1 fully saturated rings. The smallest absolute Gasteiger partial charge is 0.407 e. The fourth-order valence-electron chi connectivity index (χ4n) is 3.16. The highest BCUT2D eigenvalue weighted by atomic mass is 16.6. The first-order valence-electron chi connectivity index (χ1n) is 9.04. The largest absolute Gasteiger partial charge is 0.482 e. The zero-order valence-electron chi connectivity index (χ0n) is 16.5. The third-order valence-electron chi connectivity index (χ3n) is 4.30. The second kappa shape index (κ2) is 7.67. The van der Waals surface area contributed by atoms with Crippen molar-refractivity contribution in [3.05, 3.63) is 18.2 Å². The summed E-state index contributed by atoms with van der Waals surface area (Å²) in [5, 5.41) is 2.73. The van der Waals surface area contributed by atoms with Gasteiger partial charge >= 0.3 is 6.09 Å². The van der Waals surface area contributed by atoms with Gasteiger partial charge in [-0.1, -0.05) is 0 Å². The lowest BCUT2D eigenvalue weighted by atomic mass is 10.2. The van der Waals surface area contributed by atoms with Crippen LogP contribution in [0.3, 0.4) is 0 Å². The molecule has 28 heavy (non-hydrogen) atoms. The first-order valence-corrected chi connectivity index (χ1v) is 9.04. The molecular weight excluding hydrogens is 366 g/mol. The van der Waals surface area contributed by atoms with Crippen molar-refractivity contribution in [2.75, 3.05) is 36.8 Å². The highest BCUT2D eigenvalue weighted by Gasteiger charge is 2.34. The molecule has 1 unspecified atom stereocenters. The zero-order valence-corrected chi connectivity index (χ0v) is 16.5. The standard InChI is InChI=1S/C19H25N3O6/c1-19(2,3)28-18(25)20-12-7-16(23)21(9-12)13-5-6-15-14(8-13)22(11-26-4)17(24)10-27-15/h5-6,8,12H,7,9-11H2,1-4H3,(H,20,25). The van der Waals surface area contributed by atoms with Crippen molar-refractivity contribution in [3.63, 3.8) is 0 Å². The van der Waals surface area contributed by atoms with E-state index in [2.05, 4.69) is 5.32 Å². The Kier molecular flexibility index (Phi) is 5.46. The molecule has 0 radical (unpaired) electrons. The number of fused-ring (bicyclic) bond motifs is 1. The summed E-state index contributed by atoms with van der Waals surface area (Å²) < 4.78 is 15.8. The molecule has 2 aliphatic rings. The molecule has 152 valence electrons. The Bertz CT molecular complexity index is 788. The van der Waals surface area contributed by atoms with Crippen LogP contribution in [-0.2, 0) is 19.1 Å². The van der Waals surface area contributed by atoms with E-state index in [4.69, 9.17) is 14.2 Å². The second-order valence-corrected chi connectivity index (χ2v) is 7.73. The number of nitrogens with one attached hydrogen (secondary N) is 1. The van der Waals surface area contributed by atoms with Crippen molar-refractivity contribution >= 4 is 29.3 Å². The molecule has 9 heteroatoms. The fraction of sp³-hybridized carbons (Fsp3) is 0.526. The third-order valence-corrected chi connectivity index (χ3v) is 4.30. The van der Waals surface area contributed by atoms with E-state index in [1.165, 1.54) is 12.0 Å². The van der Waals surface area contributed by atoms with Crippen LogP contribution < -0.4 is 19.9 Å². The molecule has 1 N–H and O–H groups in total. The number of methoxy groups -OCH3 is 1. The van der Waals surface area contributed by atoms with Crippen molar-refractivity contribution in [1.82, 2.24) is 5.32 Å². The normalized spacial score (nSPS) is 19.4. The van der Waals surface area contributed by atoms with Crippen molar-refractivity contribution in [2.24, 2.45) is 0 Å². The van der Waals surface area contributed by atoms with Gasteiger partial charge < -0.3 is 24.4 Å². The van der Waals surface area contributed by atoms with Crippen LogP contribution in [0, 0.1) is 0 Å². The predicted octanol–water partition coefficient (Wildman–Crippen LogP) is 1.65. The number of ether oxygens (including phenoxy) is 3. The van der Waals surface area contributed by atoms with Crippen molar-refractivity contribution in [3.8, 4) is 5.75 Å². The van der Waals surface area contributed by atoms with Crippen LogP contribution in [0.15, 0.2) is 18.2 Å². The second-order valence-electron chi connectivity index (χ2n) is 7.73. The van der Waals surface area contributed by atoms with Crippen LogP contribution in [0.5, 0.6) is 5.75 Å². The maximum Gasteiger partial charge on any atom is 0.407 e. The minimum Gasteiger partial charge on any atom is -0.482 e. The molecule has 1 aromatic carbocycles. The lowest BCUT2D eigenvalue weighted by Crippen LogP contribution is -2.41. The highest BCUT2D eigenvalue weighted by molar-refractivity contribution is 6.01. The molecule has 0 aliphatic carbocycles. The Balaban J connectivity index is 1.74. The zero-order chi connectivity index (χ0) is 20.5. The quantitative estimate of drug-likeness (QED) is 0.838. The van der Waals surface area contributed by atoms with Crippen LogP contribution >= 0.6 is 0 Å². The van der Waals surface area contributed by atoms with Crippen LogP contribution in [0.2, 0.25) is 0 Å². The Morgan fingerprint density at radius 1 is 1.29 bits per heavy atom. The summed E-state index contributed by atoms with van der Waals surface area (Å²) in [6, 6.07) is 4.85. The molecule has 0 spiro atoms. The van der Waals surface area contributed by atoms with E-state index in [0.717, 1.165) is 0 Å². The van der Waals surface area contributed by atoms with Crippen LogP contribution in [0.4, 0.5) is 16.2 Å². The molecule has 9 nitrogen and oxygen atoms in total. The van der Waals surface area contributed by atoms with Gasteiger partial charge in [0, 0.05) is 25.8 Å². The number of anilines is 2. The number of benzene rings is 1. The van der Waals surface area contributed by atoms with E-state index in [-0.39, 0.29) is 37.6 Å². The van der Waals surface area contributed by atoms with Crippen LogP contribution in [0.1, 0.15) is 27.2 Å². The van der Waals surface area contributed by atoms with Gasteiger partial charge in [0.25, 0.3) is 5.91 Å². The molecule has 3 rings (SSSR count). The van der Waals surface area contributed by atoms with Gasteiger partial charge in [-0.3, -0.25) is 14.5 Å². The maximum absolute atomic E-state index is 12.5. The lowest BCUT2D eigenvalue weighted by molar-refractivity contribution is -0.122. The number of rotatable bonds is 4. The first-order chi connectivity index (χ1) is 13.2. The lowest BCUT2D eigenvalue weighted by Gasteiger charge is -2.30. The average molecular weight is 391 g/mol. The summed E-state index contributed by atoms with van der Waals surface area (Å²) >= 11 is 0. The van der Waals surface area contributed by atoms with Gasteiger partial charge in [0.05, 0.1) is 11.7 Å². The molecule has 0 aromatic heterocycles. The fourth-order valence-corrected chi connectivity index (χ4v) is 3.16. The molecule has 0 bridgehead atoms. The summed E-state index contributed by atoms with van der Waals surface area (Å²) in [4.78, 5) is 39.6. The molecule has 3 amide bonds. The molecule has 2 heterocycles. The topological polar surface area (TPSA) is 97.4 Å². The summed E-state index contributed by atoms with van der Waals surface area (Å²) in [6.07, 6.45) is -0.379. The van der Waals surface area contributed by atoms with Crippen molar-refractivity contribution in [1.29, 1.82) is 0 Å². The van der Waals surface area contributed by atoms with E-state index in [1.807, 2.05) is 0 Å². The van der Waals surface area contributed by atoms with E-state index in [0.29, 0.717) is 23.7 Å². The van der Waals surface area contributed by atoms with Gasteiger partial charge in [-0.05, 0) is 39.0 Å². The van der Waals surface area contributed by atoms with Gasteiger partial charge in [-0.25, -0.2) is 4.79 Å². The molecule has 1 aromatic rings. The summed E-state index contributed by atoms with van der Waals surface area (Å²) in [6.45, 7) is 5.69. The summed E-state index contributed by atoms with van der Waals surface area (Å²) in [7, 11) is 1.50. The number of hydrogen-bond donors (Lipinski definition) is 1. The molecule has 1 saturated heterocycles.